The van der Waals surface area contributed by atoms with Gasteiger partial charge in [0.2, 0.25) is 35.3 Å². The third-order valence-corrected chi connectivity index (χ3v) is 20.7. The summed E-state index contributed by atoms with van der Waals surface area (Å²) in [7, 11) is 7.08. The zero-order valence-electron chi connectivity index (χ0n) is 73.9. The molecule has 34 nitrogen and oxygen atoms in total. The monoisotopic (exact) mass is 1980 g/mol. The molecule has 0 radical (unpaired) electrons. The maximum absolute atomic E-state index is 13.7. The standard InChI is InChI=1S/C24H17F4N5O3.C23H15F5N6O3.C23H16F4N6O3.C23H17F3N6O2/c1-32-11-14-10-15(4-7-17(14)30-32)33-23(34)21(13-2-5-16(6-3-13)36-24(27)28)22-18(31-33)8-9-20(29-22)35-12-19(25)26;1-33-10-13-8-14(3-4-15(13)31-33)34-22(35)20(12-2-6-18(29-9-12)37-23(26,27)28)21-16(32-34)5-7-19(30-21)36-11-17(24)25;1-32-10-13-8-14(3-4-15(13)30-32)33-22(34)20(12-2-6-18(28-9-12)36-23(26)27)21-16(31-33)5-7-19(29-21)35-11-17(24)25;1-3-34-19-9-7-17-21(28-19)20(13-4-8-18(27-11-13)23(24,25)26)22(33)32(30-17)15-5-6-16-14(10-15)12-31(2)29-16/h2-11,19,24H,12H2,1H3;2-10,17H,11H2,1H3;2-10,17,23H,11H2,1H3;4-12H,3H2,1-2H3. The lowest BCUT2D eigenvalue weighted by molar-refractivity contribution is -0.276. The highest BCUT2D eigenvalue weighted by atomic mass is 19.4. The van der Waals surface area contributed by atoms with Gasteiger partial charge in [-0.15, -0.1) is 13.2 Å². The van der Waals surface area contributed by atoms with Crippen molar-refractivity contribution >= 4 is 87.7 Å². The number of alkyl halides is 16. The lowest BCUT2D eigenvalue weighted by Crippen LogP contribution is -2.24. The van der Waals surface area contributed by atoms with Gasteiger partial charge in [0.25, 0.3) is 41.5 Å². The van der Waals surface area contributed by atoms with E-state index in [2.05, 4.69) is 89.9 Å². The summed E-state index contributed by atoms with van der Waals surface area (Å²) in [6.45, 7) is -6.61. The zero-order valence-corrected chi connectivity index (χ0v) is 73.9. The number of nitrogens with zero attached hydrogens (tertiary/aromatic N) is 23. The van der Waals surface area contributed by atoms with Gasteiger partial charge in [-0.25, -0.2) is 56.2 Å². The Kier molecular flexibility index (Phi) is 27.2. The number of benzene rings is 5. The van der Waals surface area contributed by atoms with Crippen molar-refractivity contribution in [3.05, 3.63) is 272 Å². The van der Waals surface area contributed by atoms with E-state index in [1.54, 1.807) is 157 Å². The molecule has 0 N–H and O–H groups in total. The lowest BCUT2D eigenvalue weighted by atomic mass is 10.1. The fourth-order valence-corrected chi connectivity index (χ4v) is 14.9. The first-order valence-corrected chi connectivity index (χ1v) is 42.0. The number of hydrogen-bond donors (Lipinski definition) is 0. The molecule has 5 aromatic carbocycles. The summed E-state index contributed by atoms with van der Waals surface area (Å²) >= 11 is 0. The van der Waals surface area contributed by atoms with E-state index in [0.717, 1.165) is 72.0 Å². The molecule has 50 heteroatoms. The van der Waals surface area contributed by atoms with Gasteiger partial charge in [0.05, 0.1) is 73.7 Å². The van der Waals surface area contributed by atoms with E-state index in [1.165, 1.54) is 100 Å². The Morgan fingerprint density at radius 2 is 0.594 bits per heavy atom. The molecule has 143 heavy (non-hydrogen) atoms. The zero-order chi connectivity index (χ0) is 101. The second kappa shape index (κ2) is 40.3. The fraction of sp³-hybridized carbons (Fsp3) is 0.172. The first-order valence-electron chi connectivity index (χ1n) is 42.0. The molecule has 0 unspecified atom stereocenters. The van der Waals surface area contributed by atoms with Crippen LogP contribution in [-0.2, 0) is 34.4 Å². The molecule has 0 atom stereocenters. The molecule has 15 heterocycles. The van der Waals surface area contributed by atoms with Crippen molar-refractivity contribution in [3.8, 4) is 108 Å². The number of aryl methyl sites for hydroxylation is 4. The van der Waals surface area contributed by atoms with Crippen molar-refractivity contribution < 1.29 is 103 Å². The van der Waals surface area contributed by atoms with Crippen LogP contribution in [0.2, 0.25) is 0 Å². The topological polar surface area (TPSA) is 366 Å². The summed E-state index contributed by atoms with van der Waals surface area (Å²) < 4.78 is 247. The van der Waals surface area contributed by atoms with Crippen LogP contribution in [0.5, 0.6) is 41.0 Å². The van der Waals surface area contributed by atoms with Crippen molar-refractivity contribution in [1.29, 1.82) is 0 Å². The molecule has 0 saturated carbocycles. The van der Waals surface area contributed by atoms with Crippen LogP contribution in [0.1, 0.15) is 12.6 Å². The number of fused-ring (bicyclic) bond motifs is 8. The molecule has 20 aromatic rings. The molecule has 0 aliphatic heterocycles. The summed E-state index contributed by atoms with van der Waals surface area (Å²) in [4.78, 5) is 82.7. The number of hydrogen-bond acceptors (Lipinski definition) is 26. The summed E-state index contributed by atoms with van der Waals surface area (Å²) in [5.41, 5.74) is 3.58. The number of halogens is 16. The lowest BCUT2D eigenvalue weighted by Gasteiger charge is -2.13. The highest BCUT2D eigenvalue weighted by Crippen LogP contribution is 2.37. The van der Waals surface area contributed by atoms with Gasteiger partial charge < -0.3 is 33.2 Å². The highest BCUT2D eigenvalue weighted by Gasteiger charge is 2.34. The van der Waals surface area contributed by atoms with Gasteiger partial charge in [-0.3, -0.25) is 42.9 Å². The summed E-state index contributed by atoms with van der Waals surface area (Å²) in [5.74, 6) is -1.33. The Bertz CT molecular complexity index is 8200. The summed E-state index contributed by atoms with van der Waals surface area (Å²) in [6.07, 6.45) is -7.39. The Labute approximate surface area is 788 Å². The van der Waals surface area contributed by atoms with Gasteiger partial charge >= 0.3 is 25.8 Å². The molecule has 0 amide bonds. The van der Waals surface area contributed by atoms with E-state index in [4.69, 9.17) is 18.9 Å². The van der Waals surface area contributed by atoms with Crippen LogP contribution in [-0.4, -0.2) is 178 Å². The molecule has 0 bridgehead atoms. The number of ether oxygens (including phenoxy) is 7. The molecule has 20 rings (SSSR count). The minimum Gasteiger partial charge on any atom is -0.478 e. The predicted octanol–water partition coefficient (Wildman–Crippen LogP) is 17.0. The third-order valence-electron chi connectivity index (χ3n) is 20.7. The predicted molar refractivity (Wildman–Crippen MR) is 483 cm³/mol. The quantitative estimate of drug-likeness (QED) is 0.0507. The van der Waals surface area contributed by atoms with Crippen molar-refractivity contribution in [2.75, 3.05) is 26.4 Å². The maximum atomic E-state index is 13.7. The second-order valence-electron chi connectivity index (χ2n) is 30.7. The summed E-state index contributed by atoms with van der Waals surface area (Å²) in [5, 5.41) is 38.0. The first kappa shape index (κ1) is 96.7. The van der Waals surface area contributed by atoms with Crippen molar-refractivity contribution in [1.82, 2.24) is 113 Å². The van der Waals surface area contributed by atoms with Gasteiger partial charge in [-0.1, -0.05) is 18.2 Å². The first-order chi connectivity index (χ1) is 68.4. The van der Waals surface area contributed by atoms with Crippen LogP contribution in [0, 0.1) is 0 Å². The maximum Gasteiger partial charge on any atom is 0.574 e. The fourth-order valence-electron chi connectivity index (χ4n) is 14.9. The van der Waals surface area contributed by atoms with Gasteiger partial charge in [-0.05, 0) is 140 Å². The largest absolute Gasteiger partial charge is 0.574 e. The van der Waals surface area contributed by atoms with Gasteiger partial charge in [-0.2, -0.15) is 90.2 Å². The number of rotatable bonds is 24. The Morgan fingerprint density at radius 3 is 0.874 bits per heavy atom. The van der Waals surface area contributed by atoms with Crippen molar-refractivity contribution in [3.63, 3.8) is 0 Å². The molecule has 0 spiro atoms. The molecule has 0 aliphatic carbocycles. The van der Waals surface area contributed by atoms with E-state index in [-0.39, 0.29) is 113 Å². The van der Waals surface area contributed by atoms with Gasteiger partial charge in [0.1, 0.15) is 55.6 Å². The highest BCUT2D eigenvalue weighted by molar-refractivity contribution is 5.95. The Balaban J connectivity index is 0.000000131. The minimum atomic E-state index is -4.95. The molecular formula is C93H65F16N23O11. The second-order valence-corrected chi connectivity index (χ2v) is 30.7. The van der Waals surface area contributed by atoms with Crippen LogP contribution < -0.4 is 55.4 Å². The van der Waals surface area contributed by atoms with Crippen molar-refractivity contribution in [2.24, 2.45) is 28.2 Å². The SMILES string of the molecule is CCOc1ccc2nn(-c3ccc4nn(C)cc4c3)c(=O)c(-c3ccc(C(F)(F)F)nc3)c2n1.Cn1cc2cc(-n3nc4ccc(OCC(F)F)nc4c(-c4ccc(OC(F)(F)F)nc4)c3=O)ccc2n1.Cn1cc2cc(-n3nc4ccc(OCC(F)F)nc4c(-c4ccc(OC(F)F)cc4)c3=O)ccc2n1.Cn1cc2cc(-n3nc4ccc(OCC(F)F)nc4c(-c4ccc(OC(F)F)nc4)c3=O)ccc2n1. The Morgan fingerprint density at radius 1 is 0.308 bits per heavy atom. The molecule has 0 fully saturated rings. The molecule has 15 aromatic heterocycles. The van der Waals surface area contributed by atoms with Crippen LogP contribution in [0.4, 0.5) is 70.2 Å². The minimum absolute atomic E-state index is 0.0123. The van der Waals surface area contributed by atoms with E-state index in [0.29, 0.717) is 46.0 Å². The normalized spacial score (nSPS) is 11.8. The van der Waals surface area contributed by atoms with Gasteiger partial charge in [0, 0.05) is 146 Å². The summed E-state index contributed by atoms with van der Waals surface area (Å²) in [6, 6.07) is 44.5. The van der Waals surface area contributed by atoms with Crippen LogP contribution in [0.3, 0.4) is 0 Å². The van der Waals surface area contributed by atoms with Gasteiger partial charge in [0.15, 0.2) is 19.8 Å². The van der Waals surface area contributed by atoms with Crippen LogP contribution >= 0.6 is 0 Å². The van der Waals surface area contributed by atoms with Crippen molar-refractivity contribution in [2.45, 2.75) is 52.0 Å². The van der Waals surface area contributed by atoms with Crippen LogP contribution in [0.25, 0.3) is 155 Å². The average molecular weight is 1980 g/mol. The smallest absolute Gasteiger partial charge is 0.478 e. The number of pyridine rings is 7. The number of aromatic nitrogens is 23. The van der Waals surface area contributed by atoms with E-state index in [1.807, 2.05) is 6.20 Å². The molecule has 0 saturated heterocycles. The third kappa shape index (κ3) is 21.8. The van der Waals surface area contributed by atoms with Crippen LogP contribution in [0.15, 0.2) is 245 Å². The van der Waals surface area contributed by atoms with E-state index < -0.39 is 98.7 Å². The van der Waals surface area contributed by atoms with E-state index >= 15 is 0 Å². The average Bonchev–Trinajstić information content (AvgIpc) is 1.50. The Hall–Kier alpha value is -17.9. The molecule has 730 valence electrons. The molecule has 0 aliphatic rings. The van der Waals surface area contributed by atoms with E-state index in [9.17, 15) is 89.4 Å². The molecular weight excluding hydrogens is 1920 g/mol.